The summed E-state index contributed by atoms with van der Waals surface area (Å²) in [4.78, 5) is 62.2. The molecule has 0 radical (unpaired) electrons. The van der Waals surface area contributed by atoms with Crippen LogP contribution in [0.15, 0.2) is 104 Å². The van der Waals surface area contributed by atoms with E-state index in [9.17, 15) is 19.2 Å². The fraction of sp³-hybridized carbons (Fsp3) is 0.286. The minimum Gasteiger partial charge on any atom is -0.459 e. The van der Waals surface area contributed by atoms with E-state index >= 15 is 0 Å². The molecule has 3 amide bonds. The Hall–Kier alpha value is -5.45. The van der Waals surface area contributed by atoms with Gasteiger partial charge in [0.25, 0.3) is 0 Å². The van der Waals surface area contributed by atoms with E-state index in [1.165, 1.54) is 12.5 Å². The molecule has 0 fully saturated rings. The monoisotopic (exact) mass is 626 g/mol. The van der Waals surface area contributed by atoms with Gasteiger partial charge in [-0.15, -0.1) is 0 Å². The molecule has 1 aromatic heterocycles. The molecule has 0 saturated heterocycles. The summed E-state index contributed by atoms with van der Waals surface area (Å²) in [5, 5.41) is 2.75. The summed E-state index contributed by atoms with van der Waals surface area (Å²) in [5.74, 6) is -1.75. The second-order valence-electron chi connectivity index (χ2n) is 10.7. The molecule has 0 aliphatic rings. The van der Waals surface area contributed by atoms with Crippen LogP contribution < -0.4 is 5.32 Å². The largest absolute Gasteiger partial charge is 0.459 e. The van der Waals surface area contributed by atoms with E-state index < -0.39 is 36.1 Å². The van der Waals surface area contributed by atoms with Gasteiger partial charge in [0.15, 0.2) is 0 Å². The third-order valence-corrected chi connectivity index (χ3v) is 7.37. The highest BCUT2D eigenvalue weighted by Gasteiger charge is 2.40. The van der Waals surface area contributed by atoms with Gasteiger partial charge in [0.1, 0.15) is 31.9 Å². The van der Waals surface area contributed by atoms with Gasteiger partial charge in [-0.1, -0.05) is 111 Å². The number of aromatic nitrogens is 2. The summed E-state index contributed by atoms with van der Waals surface area (Å²) in [5.41, 5.74) is 2.61. The van der Waals surface area contributed by atoms with Gasteiger partial charge in [-0.2, -0.15) is 4.90 Å². The highest BCUT2D eigenvalue weighted by molar-refractivity contribution is 5.97. The van der Waals surface area contributed by atoms with Crippen molar-refractivity contribution >= 4 is 24.1 Å². The lowest BCUT2D eigenvalue weighted by Crippen LogP contribution is -2.57. The second-order valence-corrected chi connectivity index (χ2v) is 10.7. The molecule has 0 aliphatic heterocycles. The first kappa shape index (κ1) is 33.4. The third-order valence-electron chi connectivity index (χ3n) is 7.37. The van der Waals surface area contributed by atoms with Crippen molar-refractivity contribution in [3.63, 3.8) is 0 Å². The molecule has 1 heterocycles. The van der Waals surface area contributed by atoms with Gasteiger partial charge in [-0.05, 0) is 22.6 Å². The number of imidazole rings is 1. The van der Waals surface area contributed by atoms with E-state index in [4.69, 9.17) is 14.2 Å². The Labute approximate surface area is 267 Å². The fourth-order valence-corrected chi connectivity index (χ4v) is 4.55. The maximum atomic E-state index is 14.1. The minimum absolute atomic E-state index is 0.0177. The molecule has 46 heavy (non-hydrogen) atoms. The van der Waals surface area contributed by atoms with Gasteiger partial charge in [0.2, 0.25) is 5.91 Å². The van der Waals surface area contributed by atoms with Crippen molar-refractivity contribution in [2.24, 2.45) is 5.92 Å². The summed E-state index contributed by atoms with van der Waals surface area (Å²) in [6, 6.07) is 24.5. The van der Waals surface area contributed by atoms with E-state index in [0.717, 1.165) is 5.56 Å². The van der Waals surface area contributed by atoms with Crippen molar-refractivity contribution in [2.45, 2.75) is 58.6 Å². The van der Waals surface area contributed by atoms with Crippen LogP contribution in [0.4, 0.5) is 9.59 Å². The number of hydrogen-bond acceptors (Lipinski definition) is 8. The SMILES string of the molecule is CC[C@@H](C)[C@H](NC(=O)[C@@H](Cc1cnc[nH]1)N(C(=O)OCc1ccccc1)C(=O)OCc1ccccc1)C(=O)OCc1ccccc1. The predicted molar refractivity (Wildman–Crippen MR) is 169 cm³/mol. The van der Waals surface area contributed by atoms with Crippen LogP contribution in [0.3, 0.4) is 0 Å². The molecule has 0 unspecified atom stereocenters. The van der Waals surface area contributed by atoms with Gasteiger partial charge in [0.05, 0.1) is 6.33 Å². The van der Waals surface area contributed by atoms with Gasteiger partial charge in [-0.3, -0.25) is 4.79 Å². The maximum absolute atomic E-state index is 14.1. The van der Waals surface area contributed by atoms with Crippen molar-refractivity contribution in [3.05, 3.63) is 126 Å². The summed E-state index contributed by atoms with van der Waals surface area (Å²) in [6.45, 7) is 3.40. The number of amides is 3. The van der Waals surface area contributed by atoms with Crippen LogP contribution in [0.2, 0.25) is 0 Å². The first-order valence-corrected chi connectivity index (χ1v) is 15.0. The quantitative estimate of drug-likeness (QED) is 0.137. The Balaban J connectivity index is 1.60. The summed E-state index contributed by atoms with van der Waals surface area (Å²) < 4.78 is 16.6. The molecule has 4 rings (SSSR count). The summed E-state index contributed by atoms with van der Waals surface area (Å²) in [6.07, 6.45) is 1.10. The predicted octanol–water partition coefficient (Wildman–Crippen LogP) is 5.57. The van der Waals surface area contributed by atoms with Crippen LogP contribution in [0, 0.1) is 5.92 Å². The smallest absolute Gasteiger partial charge is 0.420 e. The van der Waals surface area contributed by atoms with E-state index in [2.05, 4.69) is 15.3 Å². The minimum atomic E-state index is -1.47. The lowest BCUT2D eigenvalue weighted by molar-refractivity contribution is -0.151. The molecule has 0 saturated carbocycles. The molecule has 4 aromatic rings. The van der Waals surface area contributed by atoms with Crippen LogP contribution in [0.25, 0.3) is 0 Å². The number of benzene rings is 3. The van der Waals surface area contributed by atoms with E-state index in [1.807, 2.05) is 49.4 Å². The summed E-state index contributed by atoms with van der Waals surface area (Å²) in [7, 11) is 0. The molecular formula is C35H38N4O7. The first-order chi connectivity index (χ1) is 22.4. The highest BCUT2D eigenvalue weighted by Crippen LogP contribution is 2.17. The Morgan fingerprint density at radius 3 is 1.67 bits per heavy atom. The number of aromatic amines is 1. The van der Waals surface area contributed by atoms with Crippen LogP contribution >= 0.6 is 0 Å². The molecule has 11 nitrogen and oxygen atoms in total. The molecule has 11 heteroatoms. The van der Waals surface area contributed by atoms with Crippen LogP contribution in [-0.2, 0) is 50.0 Å². The van der Waals surface area contributed by atoms with E-state index in [-0.39, 0.29) is 32.2 Å². The van der Waals surface area contributed by atoms with Crippen molar-refractivity contribution in [1.29, 1.82) is 0 Å². The number of imide groups is 1. The van der Waals surface area contributed by atoms with E-state index in [1.54, 1.807) is 55.5 Å². The van der Waals surface area contributed by atoms with Gasteiger partial charge in [0, 0.05) is 18.3 Å². The average molecular weight is 627 g/mol. The molecule has 2 N–H and O–H groups in total. The number of nitrogens with one attached hydrogen (secondary N) is 2. The van der Waals surface area contributed by atoms with Crippen LogP contribution in [0.5, 0.6) is 0 Å². The average Bonchev–Trinajstić information content (AvgIpc) is 3.61. The lowest BCUT2D eigenvalue weighted by atomic mass is 9.98. The van der Waals surface area contributed by atoms with Crippen LogP contribution in [0.1, 0.15) is 42.7 Å². The second kappa shape index (κ2) is 17.1. The number of H-pyrrole nitrogens is 1. The zero-order chi connectivity index (χ0) is 32.7. The van der Waals surface area contributed by atoms with Crippen molar-refractivity contribution in [1.82, 2.24) is 20.2 Å². The number of hydrogen-bond donors (Lipinski definition) is 2. The Morgan fingerprint density at radius 1 is 0.761 bits per heavy atom. The molecule has 240 valence electrons. The fourth-order valence-electron chi connectivity index (χ4n) is 4.55. The lowest BCUT2D eigenvalue weighted by Gasteiger charge is -2.30. The van der Waals surface area contributed by atoms with Gasteiger partial charge >= 0.3 is 18.2 Å². The normalized spacial score (nSPS) is 12.7. The first-order valence-electron chi connectivity index (χ1n) is 15.0. The van der Waals surface area contributed by atoms with Crippen molar-refractivity contribution in [2.75, 3.05) is 0 Å². The van der Waals surface area contributed by atoms with Crippen molar-refractivity contribution < 1.29 is 33.4 Å². The zero-order valence-corrected chi connectivity index (χ0v) is 25.8. The molecule has 0 bridgehead atoms. The zero-order valence-electron chi connectivity index (χ0n) is 25.8. The van der Waals surface area contributed by atoms with E-state index in [0.29, 0.717) is 28.1 Å². The molecule has 3 aromatic carbocycles. The topological polar surface area (TPSA) is 140 Å². The number of ether oxygens (including phenoxy) is 3. The van der Waals surface area contributed by atoms with Gasteiger partial charge < -0.3 is 24.5 Å². The molecule has 0 spiro atoms. The number of carbonyl (C=O) groups excluding carboxylic acids is 4. The molecular weight excluding hydrogens is 588 g/mol. The maximum Gasteiger partial charge on any atom is 0.420 e. The summed E-state index contributed by atoms with van der Waals surface area (Å²) >= 11 is 0. The number of nitrogens with zero attached hydrogens (tertiary/aromatic N) is 2. The standard InChI is InChI=1S/C35H38N4O7/c1-3-25(2)31(33(41)44-21-26-13-7-4-8-14-26)38-32(40)30(19-29-20-36-24-37-29)39(34(42)45-22-27-15-9-5-10-16-27)35(43)46-23-28-17-11-6-12-18-28/h4-18,20,24-25,30-31H,3,19,21-23H2,1-2H3,(H,36,37)(H,38,40)/t25-,30-,31+/m1/s1. The van der Waals surface area contributed by atoms with Crippen molar-refractivity contribution in [3.8, 4) is 0 Å². The number of rotatable bonds is 14. The Bertz CT molecular complexity index is 1480. The Morgan fingerprint density at radius 2 is 1.24 bits per heavy atom. The third kappa shape index (κ3) is 9.78. The molecule has 0 aliphatic carbocycles. The van der Waals surface area contributed by atoms with Gasteiger partial charge in [-0.25, -0.2) is 19.4 Å². The molecule has 3 atom stereocenters. The van der Waals surface area contributed by atoms with Crippen LogP contribution in [-0.4, -0.2) is 51.0 Å². The Kier molecular flexibility index (Phi) is 12.5. The number of carbonyl (C=O) groups is 4. The highest BCUT2D eigenvalue weighted by atomic mass is 16.6. The number of esters is 1.